The molecule has 0 heterocycles. The van der Waals surface area contributed by atoms with Crippen LogP contribution in [0.25, 0.3) is 0 Å². The van der Waals surface area contributed by atoms with Gasteiger partial charge in [-0.05, 0) is 0 Å². The fourth-order valence-electron chi connectivity index (χ4n) is 0.0667. The predicted octanol–water partition coefficient (Wildman–Crippen LogP) is -0.0704. The summed E-state index contributed by atoms with van der Waals surface area (Å²) in [5.41, 5.74) is 12.0. The Labute approximate surface area is 79.7 Å². The maximum Gasteiger partial charge on any atom is 0.300 e. The number of nitrogens with zero attached hydrogens (tertiary/aromatic N) is 4. The number of nitrogens with two attached hydrogens (primary N) is 2. The van der Waals surface area contributed by atoms with Crippen molar-refractivity contribution < 1.29 is 9.90 Å². The van der Waals surface area contributed by atoms with Crippen molar-refractivity contribution in [1.82, 2.24) is 0 Å². The smallest absolute Gasteiger partial charge is 0.300 e. The molecule has 10 nitrogen and oxygen atoms in total. The van der Waals surface area contributed by atoms with E-state index in [9.17, 15) is 0 Å². The third-order valence-electron chi connectivity index (χ3n) is 0.249. The van der Waals surface area contributed by atoms with Crippen LogP contribution in [0, 0.1) is 11.1 Å². The molecule has 0 aromatic carbocycles. The summed E-state index contributed by atoms with van der Waals surface area (Å²) in [4.78, 5) is 9.00. The van der Waals surface area contributed by atoms with E-state index in [1.54, 1.807) is 0 Å². The van der Waals surface area contributed by atoms with E-state index in [-0.39, 0.29) is 0 Å². The summed E-state index contributed by atoms with van der Waals surface area (Å²) in [6, 6.07) is 0. The molecule has 0 radical (unpaired) electrons. The summed E-state index contributed by atoms with van der Waals surface area (Å²) in [6.45, 7) is 1.08. The Balaban J connectivity index is -0.000000131. The first kappa shape index (κ1) is 17.6. The van der Waals surface area contributed by atoms with E-state index in [0.717, 1.165) is 19.6 Å². The molecule has 0 unspecified atom stereocenters. The molecule has 14 heavy (non-hydrogen) atoms. The van der Waals surface area contributed by atoms with Crippen LogP contribution in [-0.4, -0.2) is 23.8 Å². The van der Waals surface area contributed by atoms with Crippen LogP contribution in [-0.2, 0) is 4.79 Å². The average Bonchev–Trinajstić information content (AvgIpc) is 2.07. The van der Waals surface area contributed by atoms with Gasteiger partial charge in [0.15, 0.2) is 12.7 Å². The number of aliphatic carboxylic acids is 1. The minimum atomic E-state index is -0.833. The Morgan fingerprint density at radius 1 is 1.21 bits per heavy atom. The first-order valence-corrected chi connectivity index (χ1v) is 2.92. The molecule has 10 heteroatoms. The fourth-order valence-corrected chi connectivity index (χ4v) is 0.0667. The van der Waals surface area contributed by atoms with Crippen molar-refractivity contribution in [3.63, 3.8) is 0 Å². The molecular weight excluding hydrogens is 192 g/mol. The van der Waals surface area contributed by atoms with E-state index >= 15 is 0 Å². The lowest BCUT2D eigenvalue weighted by Gasteiger charge is -1.59. The van der Waals surface area contributed by atoms with Crippen LogP contribution < -0.4 is 11.7 Å². The maximum atomic E-state index is 9.00. The molecule has 80 valence electrons. The molecule has 0 aromatic heterocycles. The van der Waals surface area contributed by atoms with E-state index in [1.807, 2.05) is 0 Å². The number of rotatable bonds is 2. The van der Waals surface area contributed by atoms with Crippen molar-refractivity contribution in [3.05, 3.63) is 0 Å². The number of hydrogen-bond acceptors (Lipinski definition) is 7. The Hall–Kier alpha value is -2.39. The topological polar surface area (TPSA) is 186 Å². The fraction of sp³-hybridized carbons (Fsp3) is 0.250. The highest BCUT2D eigenvalue weighted by Gasteiger charge is 1.65. The highest BCUT2D eigenvalue weighted by molar-refractivity contribution is 5.62. The predicted molar refractivity (Wildman–Crippen MR) is 49.0 cm³/mol. The highest BCUT2D eigenvalue weighted by Crippen LogP contribution is 1.45. The van der Waals surface area contributed by atoms with Crippen molar-refractivity contribution in [2.75, 3.05) is 0 Å². The molecule has 0 aliphatic heterocycles. The van der Waals surface area contributed by atoms with Gasteiger partial charge in [0.1, 0.15) is 0 Å². The molecule has 0 aromatic rings. The molecule has 0 aliphatic rings. The van der Waals surface area contributed by atoms with E-state index in [2.05, 4.69) is 32.1 Å². The van der Waals surface area contributed by atoms with Crippen LogP contribution in [0.2, 0.25) is 0 Å². The third-order valence-corrected chi connectivity index (χ3v) is 0.249. The highest BCUT2D eigenvalue weighted by atomic mass is 16.4. The van der Waals surface area contributed by atoms with E-state index < -0.39 is 5.97 Å². The van der Waals surface area contributed by atoms with Crippen molar-refractivity contribution >= 4 is 18.6 Å². The van der Waals surface area contributed by atoms with Crippen LogP contribution >= 0.6 is 0 Å². The summed E-state index contributed by atoms with van der Waals surface area (Å²) in [7, 11) is 0. The first-order valence-electron chi connectivity index (χ1n) is 2.92. The molecular formula is C4H12N8O2. The van der Waals surface area contributed by atoms with E-state index in [0.29, 0.717) is 0 Å². The van der Waals surface area contributed by atoms with Crippen LogP contribution in [0.3, 0.4) is 0 Å². The number of nitrogens with one attached hydrogen (secondary N) is 2. The molecule has 0 spiro atoms. The minimum absolute atomic E-state index is 0.833. The van der Waals surface area contributed by atoms with Gasteiger partial charge in [-0.2, -0.15) is 10.2 Å². The molecule has 7 N–H and O–H groups in total. The van der Waals surface area contributed by atoms with Gasteiger partial charge in [0.25, 0.3) is 5.97 Å². The van der Waals surface area contributed by atoms with Crippen LogP contribution in [0.4, 0.5) is 0 Å². The molecule has 0 fully saturated rings. The van der Waals surface area contributed by atoms with Crippen LogP contribution in [0.5, 0.6) is 0 Å². The number of carbonyl (C=O) groups is 1. The van der Waals surface area contributed by atoms with Crippen molar-refractivity contribution in [3.8, 4) is 0 Å². The summed E-state index contributed by atoms with van der Waals surface area (Å²) in [6.07, 6.45) is 1.89. The normalized spacial score (nSPS) is 8.07. The number of hydrogen-bond donors (Lipinski definition) is 5. The lowest BCUT2D eigenvalue weighted by atomic mass is 10.9. The first-order chi connectivity index (χ1) is 6.56. The minimum Gasteiger partial charge on any atom is -0.481 e. The quantitative estimate of drug-likeness (QED) is 0.138. The lowest BCUT2D eigenvalue weighted by molar-refractivity contribution is -0.134. The molecule has 0 aliphatic carbocycles. The summed E-state index contributed by atoms with van der Waals surface area (Å²) < 4.78 is 0. The zero-order valence-corrected chi connectivity index (χ0v) is 7.45. The van der Waals surface area contributed by atoms with Gasteiger partial charge in [-0.15, -0.1) is 10.2 Å². The van der Waals surface area contributed by atoms with Crippen LogP contribution in [0.1, 0.15) is 6.92 Å². The summed E-state index contributed by atoms with van der Waals surface area (Å²) >= 11 is 0. The Kier molecular flexibility index (Phi) is 28.2. The molecule has 0 saturated heterocycles. The molecule has 0 saturated carbocycles. The van der Waals surface area contributed by atoms with E-state index in [1.165, 1.54) is 0 Å². The Morgan fingerprint density at radius 2 is 1.43 bits per heavy atom. The Bertz CT molecular complexity index is 180. The third kappa shape index (κ3) is 275. The van der Waals surface area contributed by atoms with Gasteiger partial charge in [0.05, 0.1) is 0 Å². The molecule has 0 atom stereocenters. The zero-order chi connectivity index (χ0) is 11.8. The number of carboxylic acids is 1. The number of hydrazone groups is 2. The van der Waals surface area contributed by atoms with Gasteiger partial charge >= 0.3 is 0 Å². The van der Waals surface area contributed by atoms with Gasteiger partial charge in [0, 0.05) is 6.92 Å². The molecule has 0 bridgehead atoms. The molecule has 0 amide bonds. The second-order valence-corrected chi connectivity index (χ2v) is 1.31. The standard InChI is InChI=1S/C2H4O2.2CH4N4/c1-2(3)4;2*2-4-1-5-3/h1H3,(H,3,4);2*1-2H,3H2. The Morgan fingerprint density at radius 3 is 1.43 bits per heavy atom. The van der Waals surface area contributed by atoms with Crippen molar-refractivity contribution in [1.29, 1.82) is 11.1 Å². The van der Waals surface area contributed by atoms with Gasteiger partial charge < -0.3 is 16.8 Å². The summed E-state index contributed by atoms with van der Waals surface area (Å²) in [5, 5.41) is 18.5. The van der Waals surface area contributed by atoms with E-state index in [4.69, 9.17) is 21.0 Å². The summed E-state index contributed by atoms with van der Waals surface area (Å²) in [5.74, 6) is 8.16. The zero-order valence-electron chi connectivity index (χ0n) is 7.45. The van der Waals surface area contributed by atoms with Crippen molar-refractivity contribution in [2.45, 2.75) is 6.92 Å². The van der Waals surface area contributed by atoms with Crippen LogP contribution in [0.15, 0.2) is 20.4 Å². The van der Waals surface area contributed by atoms with Gasteiger partial charge in [-0.25, -0.2) is 11.1 Å². The largest absolute Gasteiger partial charge is 0.481 e. The second-order valence-electron chi connectivity index (χ2n) is 1.31. The van der Waals surface area contributed by atoms with Gasteiger partial charge in [-0.1, -0.05) is 0 Å². The molecule has 0 rings (SSSR count). The van der Waals surface area contributed by atoms with Gasteiger partial charge in [0.2, 0.25) is 0 Å². The SMILES string of the molecule is CC(=O)O.N=NC=NN.N=NC=NN. The number of carboxylic acid groups (broad SMARTS) is 1. The maximum absolute atomic E-state index is 9.00. The van der Waals surface area contributed by atoms with Gasteiger partial charge in [-0.3, -0.25) is 4.79 Å². The average molecular weight is 204 g/mol. The lowest BCUT2D eigenvalue weighted by Crippen LogP contribution is -1.78. The monoisotopic (exact) mass is 204 g/mol. The second kappa shape index (κ2) is 22.4. The van der Waals surface area contributed by atoms with Crippen molar-refractivity contribution in [2.24, 2.45) is 32.1 Å².